The van der Waals surface area contributed by atoms with E-state index in [2.05, 4.69) is 22.2 Å². The molecule has 1 heterocycles. The van der Waals surface area contributed by atoms with Crippen molar-refractivity contribution in [3.8, 4) is 0 Å². The zero-order valence-corrected chi connectivity index (χ0v) is 11.1. The average Bonchev–Trinajstić information content (AvgIpc) is 2.36. The standard InChI is InChI=1S/C12H22N4O/c1-5-6-14-11-7-13-8-12(15-11)16(3)9-10(2)17-4/h7-8,10H,5-6,9H2,1-4H3,(H,14,15). The zero-order valence-electron chi connectivity index (χ0n) is 11.1. The van der Waals surface area contributed by atoms with Crippen LogP contribution in [-0.2, 0) is 4.74 Å². The Morgan fingerprint density at radius 2 is 2.24 bits per heavy atom. The van der Waals surface area contributed by atoms with Gasteiger partial charge in [-0.25, -0.2) is 4.98 Å². The minimum absolute atomic E-state index is 0.175. The van der Waals surface area contributed by atoms with E-state index in [0.717, 1.165) is 31.1 Å². The Hall–Kier alpha value is -1.36. The Balaban J connectivity index is 2.63. The number of ether oxygens (including phenoxy) is 1. The van der Waals surface area contributed by atoms with Crippen molar-refractivity contribution in [3.05, 3.63) is 12.4 Å². The second kappa shape index (κ2) is 7.06. The number of rotatable bonds is 7. The summed E-state index contributed by atoms with van der Waals surface area (Å²) >= 11 is 0. The first-order chi connectivity index (χ1) is 8.17. The summed E-state index contributed by atoms with van der Waals surface area (Å²) in [5.41, 5.74) is 0. The van der Waals surface area contributed by atoms with Crippen molar-refractivity contribution in [2.24, 2.45) is 0 Å². The lowest BCUT2D eigenvalue weighted by molar-refractivity contribution is 0.124. The molecule has 17 heavy (non-hydrogen) atoms. The number of methoxy groups -OCH3 is 1. The van der Waals surface area contributed by atoms with Crippen molar-refractivity contribution in [2.75, 3.05) is 37.5 Å². The van der Waals surface area contributed by atoms with Crippen LogP contribution >= 0.6 is 0 Å². The monoisotopic (exact) mass is 238 g/mol. The highest BCUT2D eigenvalue weighted by Gasteiger charge is 2.08. The Kier molecular flexibility index (Phi) is 5.69. The second-order valence-corrected chi connectivity index (χ2v) is 4.12. The van der Waals surface area contributed by atoms with Gasteiger partial charge >= 0.3 is 0 Å². The van der Waals surface area contributed by atoms with E-state index in [1.807, 2.05) is 18.9 Å². The first-order valence-corrected chi connectivity index (χ1v) is 5.97. The van der Waals surface area contributed by atoms with Crippen molar-refractivity contribution in [2.45, 2.75) is 26.4 Å². The maximum absolute atomic E-state index is 5.23. The molecule has 1 unspecified atom stereocenters. The number of nitrogens with one attached hydrogen (secondary N) is 1. The molecule has 0 saturated carbocycles. The van der Waals surface area contributed by atoms with Crippen molar-refractivity contribution in [1.82, 2.24) is 9.97 Å². The van der Waals surface area contributed by atoms with Crippen LogP contribution in [0.1, 0.15) is 20.3 Å². The number of hydrogen-bond donors (Lipinski definition) is 1. The maximum Gasteiger partial charge on any atom is 0.149 e. The Morgan fingerprint density at radius 1 is 1.47 bits per heavy atom. The summed E-state index contributed by atoms with van der Waals surface area (Å²) in [5, 5.41) is 3.23. The van der Waals surface area contributed by atoms with Crippen LogP contribution in [0.25, 0.3) is 0 Å². The summed E-state index contributed by atoms with van der Waals surface area (Å²) in [6, 6.07) is 0. The Bertz CT molecular complexity index is 332. The van der Waals surface area contributed by atoms with Gasteiger partial charge in [-0.15, -0.1) is 0 Å². The van der Waals surface area contributed by atoms with Gasteiger partial charge in [0.05, 0.1) is 18.5 Å². The zero-order chi connectivity index (χ0) is 12.7. The minimum atomic E-state index is 0.175. The van der Waals surface area contributed by atoms with Crippen molar-refractivity contribution >= 4 is 11.6 Å². The topological polar surface area (TPSA) is 50.3 Å². The summed E-state index contributed by atoms with van der Waals surface area (Å²) < 4.78 is 5.23. The maximum atomic E-state index is 5.23. The average molecular weight is 238 g/mol. The molecule has 1 N–H and O–H groups in total. The summed E-state index contributed by atoms with van der Waals surface area (Å²) in [6.07, 6.45) is 4.75. The third kappa shape index (κ3) is 4.56. The van der Waals surface area contributed by atoms with Gasteiger partial charge < -0.3 is 15.0 Å². The lowest BCUT2D eigenvalue weighted by Gasteiger charge is -2.21. The quantitative estimate of drug-likeness (QED) is 0.784. The van der Waals surface area contributed by atoms with E-state index in [9.17, 15) is 0 Å². The van der Waals surface area contributed by atoms with Crippen LogP contribution in [-0.4, -0.2) is 43.3 Å². The number of anilines is 2. The van der Waals surface area contributed by atoms with Crippen LogP contribution in [0.15, 0.2) is 12.4 Å². The predicted octanol–water partition coefficient (Wildman–Crippen LogP) is 1.77. The lowest BCUT2D eigenvalue weighted by atomic mass is 10.3. The SMILES string of the molecule is CCCNc1cncc(N(C)CC(C)OC)n1. The normalized spacial score (nSPS) is 12.2. The van der Waals surface area contributed by atoms with Crippen LogP contribution in [0.2, 0.25) is 0 Å². The van der Waals surface area contributed by atoms with Crippen LogP contribution in [0.3, 0.4) is 0 Å². The molecule has 1 aromatic rings. The summed E-state index contributed by atoms with van der Waals surface area (Å²) in [7, 11) is 3.70. The molecular formula is C12H22N4O. The molecule has 0 aliphatic carbocycles. The van der Waals surface area contributed by atoms with Gasteiger partial charge in [0, 0.05) is 27.2 Å². The van der Waals surface area contributed by atoms with Crippen LogP contribution in [0, 0.1) is 0 Å². The molecule has 0 aliphatic rings. The van der Waals surface area contributed by atoms with Gasteiger partial charge in [-0.05, 0) is 13.3 Å². The molecule has 1 aromatic heterocycles. The Morgan fingerprint density at radius 3 is 2.88 bits per heavy atom. The van der Waals surface area contributed by atoms with Crippen LogP contribution in [0.5, 0.6) is 0 Å². The van der Waals surface area contributed by atoms with Gasteiger partial charge in [0.25, 0.3) is 0 Å². The van der Waals surface area contributed by atoms with Gasteiger partial charge in [-0.3, -0.25) is 4.98 Å². The first-order valence-electron chi connectivity index (χ1n) is 5.97. The largest absolute Gasteiger partial charge is 0.380 e. The Labute approximate surface area is 103 Å². The number of likely N-dealkylation sites (N-methyl/N-ethyl adjacent to an activating group) is 1. The van der Waals surface area contributed by atoms with Crippen molar-refractivity contribution in [1.29, 1.82) is 0 Å². The highest BCUT2D eigenvalue weighted by atomic mass is 16.5. The molecule has 0 saturated heterocycles. The third-order valence-corrected chi connectivity index (χ3v) is 2.50. The molecule has 0 spiro atoms. The van der Waals surface area contributed by atoms with E-state index in [1.54, 1.807) is 19.5 Å². The van der Waals surface area contributed by atoms with Gasteiger partial charge in [0.15, 0.2) is 0 Å². The van der Waals surface area contributed by atoms with E-state index in [-0.39, 0.29) is 6.10 Å². The highest BCUT2D eigenvalue weighted by Crippen LogP contribution is 2.11. The summed E-state index contributed by atoms with van der Waals surface area (Å²) in [4.78, 5) is 10.7. The number of aromatic nitrogens is 2. The molecule has 0 bridgehead atoms. The van der Waals surface area contributed by atoms with E-state index >= 15 is 0 Å². The highest BCUT2D eigenvalue weighted by molar-refractivity contribution is 5.43. The van der Waals surface area contributed by atoms with E-state index in [4.69, 9.17) is 4.74 Å². The molecule has 0 radical (unpaired) electrons. The minimum Gasteiger partial charge on any atom is -0.380 e. The predicted molar refractivity (Wildman–Crippen MR) is 70.6 cm³/mol. The molecule has 96 valence electrons. The fraction of sp³-hybridized carbons (Fsp3) is 0.667. The molecule has 0 fully saturated rings. The fourth-order valence-electron chi connectivity index (χ4n) is 1.43. The van der Waals surface area contributed by atoms with Crippen molar-refractivity contribution in [3.63, 3.8) is 0 Å². The lowest BCUT2D eigenvalue weighted by Crippen LogP contribution is -2.29. The van der Waals surface area contributed by atoms with Crippen LogP contribution < -0.4 is 10.2 Å². The summed E-state index contributed by atoms with van der Waals surface area (Å²) in [6.45, 7) is 5.86. The summed E-state index contributed by atoms with van der Waals surface area (Å²) in [5.74, 6) is 1.68. The van der Waals surface area contributed by atoms with Gasteiger partial charge in [0.1, 0.15) is 11.6 Å². The van der Waals surface area contributed by atoms with Gasteiger partial charge in [-0.1, -0.05) is 6.92 Å². The molecule has 0 amide bonds. The smallest absolute Gasteiger partial charge is 0.149 e. The number of nitrogens with zero attached hydrogens (tertiary/aromatic N) is 3. The molecule has 1 atom stereocenters. The second-order valence-electron chi connectivity index (χ2n) is 4.12. The molecular weight excluding hydrogens is 216 g/mol. The van der Waals surface area contributed by atoms with E-state index in [1.165, 1.54) is 0 Å². The third-order valence-electron chi connectivity index (χ3n) is 2.50. The molecule has 0 aliphatic heterocycles. The van der Waals surface area contributed by atoms with Crippen molar-refractivity contribution < 1.29 is 4.74 Å². The van der Waals surface area contributed by atoms with E-state index in [0.29, 0.717) is 0 Å². The van der Waals surface area contributed by atoms with Gasteiger partial charge in [0.2, 0.25) is 0 Å². The van der Waals surface area contributed by atoms with Gasteiger partial charge in [-0.2, -0.15) is 0 Å². The first kappa shape index (κ1) is 13.7. The van der Waals surface area contributed by atoms with E-state index < -0.39 is 0 Å². The fourth-order valence-corrected chi connectivity index (χ4v) is 1.43. The molecule has 5 nitrogen and oxygen atoms in total. The molecule has 5 heteroatoms. The molecule has 1 rings (SSSR count). The molecule has 0 aromatic carbocycles. The van der Waals surface area contributed by atoms with Crippen LogP contribution in [0.4, 0.5) is 11.6 Å². The number of hydrogen-bond acceptors (Lipinski definition) is 5.